The average molecular weight is 235 g/mol. The van der Waals surface area contributed by atoms with Crippen molar-refractivity contribution in [1.82, 2.24) is 0 Å². The Balaban J connectivity index is 2.87. The average Bonchev–Trinajstić information content (AvgIpc) is 2.36. The van der Waals surface area contributed by atoms with Crippen LogP contribution in [0.5, 0.6) is 0 Å². The van der Waals surface area contributed by atoms with Crippen LogP contribution < -0.4 is 4.90 Å². The van der Waals surface area contributed by atoms with Gasteiger partial charge in [0.05, 0.1) is 12.7 Å². The Kier molecular flexibility index (Phi) is 4.26. The first-order valence-electron chi connectivity index (χ1n) is 5.43. The largest absolute Gasteiger partial charge is 0.465 e. The molecule has 92 valence electrons. The number of benzene rings is 1. The van der Waals surface area contributed by atoms with E-state index in [1.54, 1.807) is 36.2 Å². The van der Waals surface area contributed by atoms with Gasteiger partial charge in [0, 0.05) is 18.7 Å². The van der Waals surface area contributed by atoms with Crippen LogP contribution in [0.1, 0.15) is 24.2 Å². The summed E-state index contributed by atoms with van der Waals surface area (Å²) in [6.07, 6.45) is 0. The van der Waals surface area contributed by atoms with E-state index in [1.807, 2.05) is 13.8 Å². The monoisotopic (exact) mass is 235 g/mol. The summed E-state index contributed by atoms with van der Waals surface area (Å²) in [5.41, 5.74) is 1.23. The van der Waals surface area contributed by atoms with Crippen LogP contribution in [-0.4, -0.2) is 26.0 Å². The number of nitrogens with zero attached hydrogens (tertiary/aromatic N) is 1. The molecule has 17 heavy (non-hydrogen) atoms. The van der Waals surface area contributed by atoms with Crippen LogP contribution in [0.2, 0.25) is 0 Å². The smallest absolute Gasteiger partial charge is 0.337 e. The summed E-state index contributed by atoms with van der Waals surface area (Å²) in [7, 11) is 3.06. The van der Waals surface area contributed by atoms with Crippen LogP contribution in [0.4, 0.5) is 5.69 Å². The second kappa shape index (κ2) is 5.48. The first-order chi connectivity index (χ1) is 7.97. The summed E-state index contributed by atoms with van der Waals surface area (Å²) in [6.45, 7) is 3.70. The highest BCUT2D eigenvalue weighted by molar-refractivity contribution is 5.95. The fraction of sp³-hybridized carbons (Fsp3) is 0.385. The number of anilines is 1. The van der Waals surface area contributed by atoms with Gasteiger partial charge in [-0.1, -0.05) is 13.8 Å². The highest BCUT2D eigenvalue weighted by atomic mass is 16.5. The third-order valence-corrected chi connectivity index (χ3v) is 2.50. The van der Waals surface area contributed by atoms with Crippen molar-refractivity contribution < 1.29 is 14.3 Å². The molecule has 4 nitrogen and oxygen atoms in total. The maximum atomic E-state index is 11.8. The van der Waals surface area contributed by atoms with Crippen molar-refractivity contribution in [3.8, 4) is 0 Å². The number of hydrogen-bond acceptors (Lipinski definition) is 3. The van der Waals surface area contributed by atoms with Crippen molar-refractivity contribution in [3.05, 3.63) is 29.8 Å². The SMILES string of the molecule is COC(=O)c1ccc(N(C)C(=O)C(C)C)cc1. The van der Waals surface area contributed by atoms with Crippen LogP contribution in [0.25, 0.3) is 0 Å². The Bertz CT molecular complexity index is 409. The van der Waals surface area contributed by atoms with E-state index in [0.29, 0.717) is 5.56 Å². The van der Waals surface area contributed by atoms with E-state index in [2.05, 4.69) is 4.74 Å². The van der Waals surface area contributed by atoms with Crippen LogP contribution in [0.3, 0.4) is 0 Å². The first kappa shape index (κ1) is 13.2. The van der Waals surface area contributed by atoms with Gasteiger partial charge < -0.3 is 9.64 Å². The summed E-state index contributed by atoms with van der Waals surface area (Å²) in [5, 5.41) is 0. The van der Waals surface area contributed by atoms with E-state index in [4.69, 9.17) is 0 Å². The van der Waals surface area contributed by atoms with Crippen molar-refractivity contribution in [3.63, 3.8) is 0 Å². The first-order valence-corrected chi connectivity index (χ1v) is 5.43. The second-order valence-corrected chi connectivity index (χ2v) is 4.09. The molecular weight excluding hydrogens is 218 g/mol. The highest BCUT2D eigenvalue weighted by Crippen LogP contribution is 2.16. The molecule has 0 unspecified atom stereocenters. The van der Waals surface area contributed by atoms with E-state index >= 15 is 0 Å². The van der Waals surface area contributed by atoms with Gasteiger partial charge in [-0.3, -0.25) is 4.79 Å². The Hall–Kier alpha value is -1.84. The standard InChI is InChI=1S/C13H17NO3/c1-9(2)12(15)14(3)11-7-5-10(6-8-11)13(16)17-4/h5-9H,1-4H3. The van der Waals surface area contributed by atoms with E-state index in [-0.39, 0.29) is 17.8 Å². The van der Waals surface area contributed by atoms with E-state index in [1.165, 1.54) is 7.11 Å². The molecule has 0 radical (unpaired) electrons. The summed E-state index contributed by atoms with van der Waals surface area (Å²) in [6, 6.07) is 6.75. The van der Waals surface area contributed by atoms with Crippen molar-refractivity contribution in [2.45, 2.75) is 13.8 Å². The Morgan fingerprint density at radius 1 is 1.18 bits per heavy atom. The third-order valence-electron chi connectivity index (χ3n) is 2.50. The maximum absolute atomic E-state index is 11.8. The third kappa shape index (κ3) is 3.06. The van der Waals surface area contributed by atoms with Crippen LogP contribution in [0, 0.1) is 5.92 Å². The Labute approximate surface area is 101 Å². The molecule has 0 atom stereocenters. The topological polar surface area (TPSA) is 46.6 Å². The lowest BCUT2D eigenvalue weighted by Crippen LogP contribution is -2.30. The van der Waals surface area contributed by atoms with Crippen LogP contribution in [-0.2, 0) is 9.53 Å². The van der Waals surface area contributed by atoms with Gasteiger partial charge in [0.25, 0.3) is 0 Å². The normalized spacial score (nSPS) is 10.2. The Morgan fingerprint density at radius 2 is 1.71 bits per heavy atom. The molecule has 0 aliphatic carbocycles. The van der Waals surface area contributed by atoms with Gasteiger partial charge in [0.1, 0.15) is 0 Å². The van der Waals surface area contributed by atoms with Gasteiger partial charge in [-0.15, -0.1) is 0 Å². The number of rotatable bonds is 3. The number of ether oxygens (including phenoxy) is 1. The lowest BCUT2D eigenvalue weighted by atomic mass is 10.1. The molecule has 0 saturated heterocycles. The predicted molar refractivity (Wildman–Crippen MR) is 66.0 cm³/mol. The number of esters is 1. The number of carbonyl (C=O) groups excluding carboxylic acids is 2. The number of hydrogen-bond donors (Lipinski definition) is 0. The molecule has 1 aromatic rings. The minimum Gasteiger partial charge on any atom is -0.465 e. The fourth-order valence-electron chi connectivity index (χ4n) is 1.45. The molecule has 0 N–H and O–H groups in total. The number of methoxy groups -OCH3 is 1. The van der Waals surface area contributed by atoms with Gasteiger partial charge >= 0.3 is 5.97 Å². The molecule has 1 rings (SSSR count). The molecule has 0 spiro atoms. The maximum Gasteiger partial charge on any atom is 0.337 e. The molecule has 0 heterocycles. The lowest BCUT2D eigenvalue weighted by Gasteiger charge is -2.19. The minimum atomic E-state index is -0.380. The second-order valence-electron chi connectivity index (χ2n) is 4.09. The molecule has 0 aliphatic heterocycles. The highest BCUT2D eigenvalue weighted by Gasteiger charge is 2.15. The van der Waals surface area contributed by atoms with Gasteiger partial charge in [-0.2, -0.15) is 0 Å². The Morgan fingerprint density at radius 3 is 2.12 bits per heavy atom. The molecule has 0 fully saturated rings. The summed E-state index contributed by atoms with van der Waals surface area (Å²) >= 11 is 0. The van der Waals surface area contributed by atoms with Crippen LogP contribution in [0.15, 0.2) is 24.3 Å². The van der Waals surface area contributed by atoms with Crippen molar-refractivity contribution in [2.24, 2.45) is 5.92 Å². The molecule has 0 aliphatic rings. The van der Waals surface area contributed by atoms with Crippen molar-refractivity contribution in [1.29, 1.82) is 0 Å². The summed E-state index contributed by atoms with van der Waals surface area (Å²) in [4.78, 5) is 24.6. The summed E-state index contributed by atoms with van der Waals surface area (Å²) in [5.74, 6) is -0.398. The van der Waals surface area contributed by atoms with Crippen molar-refractivity contribution >= 4 is 17.6 Å². The van der Waals surface area contributed by atoms with E-state index < -0.39 is 0 Å². The van der Waals surface area contributed by atoms with E-state index in [0.717, 1.165) is 5.69 Å². The molecule has 0 bridgehead atoms. The molecule has 1 aromatic carbocycles. The van der Waals surface area contributed by atoms with Gasteiger partial charge in [-0.25, -0.2) is 4.79 Å². The number of carbonyl (C=O) groups is 2. The molecular formula is C13H17NO3. The van der Waals surface area contributed by atoms with Gasteiger partial charge in [0.2, 0.25) is 5.91 Å². The van der Waals surface area contributed by atoms with Crippen LogP contribution >= 0.6 is 0 Å². The minimum absolute atomic E-state index is 0.0378. The lowest BCUT2D eigenvalue weighted by molar-refractivity contribution is -0.121. The number of amides is 1. The van der Waals surface area contributed by atoms with Gasteiger partial charge in [0.15, 0.2) is 0 Å². The molecule has 1 amide bonds. The molecule has 4 heteroatoms. The van der Waals surface area contributed by atoms with Crippen molar-refractivity contribution in [2.75, 3.05) is 19.1 Å². The molecule has 0 aromatic heterocycles. The predicted octanol–water partition coefficient (Wildman–Crippen LogP) is 2.09. The fourth-order valence-corrected chi connectivity index (χ4v) is 1.45. The molecule has 0 saturated carbocycles. The van der Waals surface area contributed by atoms with Gasteiger partial charge in [-0.05, 0) is 24.3 Å². The zero-order valence-electron chi connectivity index (χ0n) is 10.6. The van der Waals surface area contributed by atoms with E-state index in [9.17, 15) is 9.59 Å². The summed E-state index contributed by atoms with van der Waals surface area (Å²) < 4.78 is 4.60. The zero-order chi connectivity index (χ0) is 13.0. The quantitative estimate of drug-likeness (QED) is 0.754. The zero-order valence-corrected chi connectivity index (χ0v) is 10.6.